The van der Waals surface area contributed by atoms with Gasteiger partial charge in [-0.3, -0.25) is 9.59 Å². The van der Waals surface area contributed by atoms with Crippen molar-refractivity contribution in [3.05, 3.63) is 248 Å². The lowest BCUT2D eigenvalue weighted by Gasteiger charge is -2.10. The van der Waals surface area contributed by atoms with Crippen LogP contribution in [-0.4, -0.2) is 23.4 Å². The maximum absolute atomic E-state index is 13.7. The van der Waals surface area contributed by atoms with Crippen molar-refractivity contribution in [2.24, 2.45) is 0 Å². The van der Waals surface area contributed by atoms with Crippen LogP contribution in [0, 0.1) is 0 Å². The fraction of sp³-hybridized carbons (Fsp3) is 0.0476. The van der Waals surface area contributed by atoms with E-state index in [0.717, 1.165) is 72.0 Å². The van der Waals surface area contributed by atoms with Crippen molar-refractivity contribution < 1.29 is 14.0 Å². The number of aromatic nitrogens is 1. The Bertz CT molecular complexity index is 3670. The second kappa shape index (κ2) is 20.3. The Hall–Kier alpha value is -9.00. The monoisotopic (exact) mass is 897 g/mol. The number of fused-ring (bicyclic) bond motifs is 6. The highest BCUT2D eigenvalue weighted by Gasteiger charge is 2.17. The van der Waals surface area contributed by atoms with Gasteiger partial charge in [0.15, 0.2) is 0 Å². The Kier molecular flexibility index (Phi) is 13.3. The zero-order chi connectivity index (χ0) is 47.9. The molecule has 0 bridgehead atoms. The van der Waals surface area contributed by atoms with Crippen LogP contribution in [0.4, 0.5) is 5.69 Å². The van der Waals surface area contributed by atoms with E-state index in [1.165, 1.54) is 21.9 Å². The first-order chi connectivity index (χ1) is 33.8. The van der Waals surface area contributed by atoms with Gasteiger partial charge in [-0.15, -0.1) is 0 Å². The number of furan rings is 1. The van der Waals surface area contributed by atoms with E-state index in [1.54, 1.807) is 25.3 Å². The number of para-hydroxylation sites is 1. The summed E-state index contributed by atoms with van der Waals surface area (Å²) in [6.07, 6.45) is 1.67. The van der Waals surface area contributed by atoms with Crippen molar-refractivity contribution in [3.63, 3.8) is 0 Å². The zero-order valence-corrected chi connectivity index (χ0v) is 38.9. The van der Waals surface area contributed by atoms with Crippen LogP contribution in [0.25, 0.3) is 88.4 Å². The van der Waals surface area contributed by atoms with Gasteiger partial charge in [-0.1, -0.05) is 160 Å². The predicted molar refractivity (Wildman–Crippen MR) is 289 cm³/mol. The number of benzene rings is 9. The van der Waals surface area contributed by atoms with Gasteiger partial charge in [0.05, 0.1) is 11.0 Å². The molecule has 0 atom stereocenters. The van der Waals surface area contributed by atoms with Gasteiger partial charge in [-0.05, 0) is 129 Å². The molecular formula is C63H51N3O3. The summed E-state index contributed by atoms with van der Waals surface area (Å²) in [6.45, 7) is 11.5. The molecule has 0 unspecified atom stereocenters. The van der Waals surface area contributed by atoms with Crippen LogP contribution < -0.4 is 10.6 Å². The molecule has 11 rings (SSSR count). The Balaban J connectivity index is 0.000000319. The van der Waals surface area contributed by atoms with Gasteiger partial charge in [0.1, 0.15) is 11.2 Å². The molecule has 0 aliphatic heterocycles. The molecule has 0 fully saturated rings. The average Bonchev–Trinajstić information content (AvgIpc) is 3.96. The molecule has 6 nitrogen and oxygen atoms in total. The van der Waals surface area contributed by atoms with Crippen molar-refractivity contribution in [3.8, 4) is 39.1 Å². The van der Waals surface area contributed by atoms with Gasteiger partial charge in [-0.25, -0.2) is 0 Å². The van der Waals surface area contributed by atoms with Crippen molar-refractivity contribution in [1.29, 1.82) is 0 Å². The van der Waals surface area contributed by atoms with Gasteiger partial charge in [0.25, 0.3) is 11.8 Å². The van der Waals surface area contributed by atoms with Crippen molar-refractivity contribution in [1.82, 2.24) is 9.88 Å². The summed E-state index contributed by atoms with van der Waals surface area (Å²) in [6, 6.07) is 71.8. The molecule has 2 N–H and O–H groups in total. The zero-order valence-electron chi connectivity index (χ0n) is 38.9. The number of anilines is 1. The van der Waals surface area contributed by atoms with E-state index in [9.17, 15) is 9.59 Å². The van der Waals surface area contributed by atoms with Crippen LogP contribution in [0.2, 0.25) is 0 Å². The summed E-state index contributed by atoms with van der Waals surface area (Å²) in [4.78, 5) is 25.0. The van der Waals surface area contributed by atoms with E-state index in [4.69, 9.17) is 4.42 Å². The summed E-state index contributed by atoms with van der Waals surface area (Å²) < 4.78 is 8.62. The van der Waals surface area contributed by atoms with Crippen molar-refractivity contribution in [2.45, 2.75) is 13.8 Å². The minimum atomic E-state index is -0.168. The highest BCUT2D eigenvalue weighted by atomic mass is 16.3. The van der Waals surface area contributed by atoms with Crippen LogP contribution >= 0.6 is 0 Å². The molecule has 336 valence electrons. The summed E-state index contributed by atoms with van der Waals surface area (Å²) >= 11 is 0. The second-order valence-corrected chi connectivity index (χ2v) is 16.3. The number of hydrogen-bond donors (Lipinski definition) is 2. The van der Waals surface area contributed by atoms with Gasteiger partial charge in [-0.2, -0.15) is 0 Å². The van der Waals surface area contributed by atoms with Crippen LogP contribution in [-0.2, 0) is 0 Å². The predicted octanol–water partition coefficient (Wildman–Crippen LogP) is 16.2. The number of hydrogen-bond acceptors (Lipinski definition) is 3. The van der Waals surface area contributed by atoms with Gasteiger partial charge < -0.3 is 19.6 Å². The van der Waals surface area contributed by atoms with E-state index in [0.29, 0.717) is 16.8 Å². The number of nitrogens with one attached hydrogen (secondary N) is 2. The van der Waals surface area contributed by atoms with Crippen LogP contribution in [0.15, 0.2) is 236 Å². The molecule has 6 heteroatoms. The molecule has 2 aromatic heterocycles. The molecule has 0 aliphatic rings. The lowest BCUT2D eigenvalue weighted by molar-refractivity contribution is 0.0962. The highest BCUT2D eigenvalue weighted by Crippen LogP contribution is 2.38. The number of carbonyl (C=O) groups is 2. The molecule has 0 saturated heterocycles. The smallest absolute Gasteiger partial charge is 0.255 e. The minimum Gasteiger partial charge on any atom is -0.456 e. The third-order valence-electron chi connectivity index (χ3n) is 12.1. The molecular weight excluding hydrogens is 847 g/mol. The van der Waals surface area contributed by atoms with E-state index in [2.05, 4.69) is 144 Å². The summed E-state index contributed by atoms with van der Waals surface area (Å²) in [5.41, 5.74) is 15.3. The van der Waals surface area contributed by atoms with Gasteiger partial charge in [0.2, 0.25) is 0 Å². The number of carbonyl (C=O) groups excluding carboxylic acids is 2. The largest absolute Gasteiger partial charge is 0.456 e. The Morgan fingerprint density at radius 2 is 1.00 bits per heavy atom. The fourth-order valence-electron chi connectivity index (χ4n) is 8.72. The summed E-state index contributed by atoms with van der Waals surface area (Å²) in [5.74, 6) is -0.261. The molecule has 0 saturated carbocycles. The fourth-order valence-corrected chi connectivity index (χ4v) is 8.72. The number of allylic oxidation sites excluding steroid dienone is 2. The average molecular weight is 898 g/mol. The molecule has 0 spiro atoms. The first-order valence-corrected chi connectivity index (χ1v) is 23.1. The maximum Gasteiger partial charge on any atom is 0.255 e. The van der Waals surface area contributed by atoms with Crippen molar-refractivity contribution in [2.75, 3.05) is 12.4 Å². The van der Waals surface area contributed by atoms with Crippen LogP contribution in [0.5, 0.6) is 0 Å². The quantitative estimate of drug-likeness (QED) is 0.142. The van der Waals surface area contributed by atoms with E-state index in [-0.39, 0.29) is 11.8 Å². The van der Waals surface area contributed by atoms with Crippen molar-refractivity contribution >= 4 is 66.8 Å². The molecule has 69 heavy (non-hydrogen) atoms. The Morgan fingerprint density at radius 1 is 0.464 bits per heavy atom. The molecule has 11 aromatic rings. The van der Waals surface area contributed by atoms with E-state index in [1.807, 2.05) is 98.8 Å². The molecule has 0 radical (unpaired) electrons. The first kappa shape index (κ1) is 45.2. The lowest BCUT2D eigenvalue weighted by atomic mass is 9.98. The lowest BCUT2D eigenvalue weighted by Crippen LogP contribution is -2.17. The van der Waals surface area contributed by atoms with Gasteiger partial charge in [0, 0.05) is 51.1 Å². The molecule has 9 aromatic carbocycles. The summed E-state index contributed by atoms with van der Waals surface area (Å²) in [5, 5.41) is 10.1. The standard InChI is InChI=1S/C49H32N2O2.C12H13NO.C2H6/c52-49(38-18-10-17-36(28-38)35-16-9-15-34(27-35)32-11-3-1-4-12-32)50-39-22-25-47-43(30-39)44-31-40(23-26-48(44)53-47)51-45-20-8-7-19-41(45)42-29-37(21-24-46(42)51)33-13-5-2-6-14-33;1-4-9(2)10-6-5-7-11(8-10)12(14)13-3;1-2/h1-31H,(H,50,52);4-8H,1-2H2,3H3,(H,13,14);1-2H3. The highest BCUT2D eigenvalue weighted by molar-refractivity contribution is 6.12. The number of nitrogens with zero attached hydrogens (tertiary/aromatic N) is 1. The normalized spacial score (nSPS) is 10.8. The summed E-state index contributed by atoms with van der Waals surface area (Å²) in [7, 11) is 1.61. The SMILES string of the molecule is C=CC(=C)c1cccc(C(=O)NC)c1.CC.O=C(Nc1ccc2oc3ccc(-n4c5ccccc5c5cc(-c6ccccc6)ccc54)cc3c2c1)c1cccc(-c2cccc(-c3ccccc3)c2)c1. The van der Waals surface area contributed by atoms with E-state index >= 15 is 0 Å². The Morgan fingerprint density at radius 3 is 1.70 bits per heavy atom. The second-order valence-electron chi connectivity index (χ2n) is 16.3. The first-order valence-electron chi connectivity index (χ1n) is 23.1. The maximum atomic E-state index is 13.7. The third-order valence-corrected chi connectivity index (χ3v) is 12.1. The topological polar surface area (TPSA) is 76.3 Å². The third kappa shape index (κ3) is 9.37. The van der Waals surface area contributed by atoms with E-state index < -0.39 is 0 Å². The Labute approximate surface area is 402 Å². The minimum absolute atomic E-state index is 0.0938. The number of rotatable bonds is 9. The molecule has 2 amide bonds. The van der Waals surface area contributed by atoms with Gasteiger partial charge >= 0.3 is 0 Å². The molecule has 0 aliphatic carbocycles. The molecule has 2 heterocycles. The van der Waals surface area contributed by atoms with Crippen LogP contribution in [0.1, 0.15) is 40.1 Å². The van der Waals surface area contributed by atoms with Crippen LogP contribution in [0.3, 0.4) is 0 Å². The number of amides is 2.